The van der Waals surface area contributed by atoms with Crippen molar-refractivity contribution in [2.45, 2.75) is 31.2 Å². The lowest BCUT2D eigenvalue weighted by molar-refractivity contribution is -0.123. The minimum Gasteiger partial charge on any atom is -0.508 e. The molecule has 1 atom stereocenters. The molecular weight excluding hydrogens is 466 g/mol. The summed E-state index contributed by atoms with van der Waals surface area (Å²) in [5.74, 6) is -0.705. The van der Waals surface area contributed by atoms with Gasteiger partial charge in [-0.1, -0.05) is 12.1 Å². The number of nitrogens with one attached hydrogen (secondary N) is 1. The normalized spacial score (nSPS) is 16.7. The number of carbonyl (C=O) groups is 2. The molecule has 0 bridgehead atoms. The number of para-hydroxylation sites is 1. The van der Waals surface area contributed by atoms with Crippen molar-refractivity contribution in [2.75, 3.05) is 26.4 Å². The number of primary amides is 1. The predicted molar refractivity (Wildman–Crippen MR) is 130 cm³/mol. The topological polar surface area (TPSA) is 144 Å². The Morgan fingerprint density at radius 3 is 2.58 bits per heavy atom. The van der Waals surface area contributed by atoms with Crippen LogP contribution in [0.4, 0.5) is 0 Å². The minimum absolute atomic E-state index is 0.0238. The monoisotopic (exact) mass is 493 g/mol. The largest absolute Gasteiger partial charge is 0.508 e. The Kier molecular flexibility index (Phi) is 6.51. The number of nitrogens with two attached hydrogens (primary N) is 1. The Balaban J connectivity index is 1.42. The van der Waals surface area contributed by atoms with E-state index in [0.29, 0.717) is 54.0 Å². The molecule has 1 fully saturated rings. The van der Waals surface area contributed by atoms with Crippen LogP contribution in [0, 0.1) is 0 Å². The highest BCUT2D eigenvalue weighted by Gasteiger charge is 2.29. The van der Waals surface area contributed by atoms with E-state index in [-0.39, 0.29) is 54.4 Å². The van der Waals surface area contributed by atoms with Crippen LogP contribution in [0.5, 0.6) is 17.2 Å². The van der Waals surface area contributed by atoms with Crippen molar-refractivity contribution in [3.05, 3.63) is 64.0 Å². The summed E-state index contributed by atoms with van der Waals surface area (Å²) in [4.78, 5) is 39.7. The number of phenolic OH excluding ortho intramolecular Hbond substituents is 1. The maximum absolute atomic E-state index is 13.4. The maximum Gasteiger partial charge on any atom is 0.231 e. The Morgan fingerprint density at radius 2 is 1.83 bits per heavy atom. The molecule has 2 aromatic carbocycles. The number of hydrogen-bond acceptors (Lipinski definition) is 8. The molecule has 3 aromatic rings. The predicted octanol–water partition coefficient (Wildman–Crippen LogP) is 1.82. The lowest BCUT2D eigenvalue weighted by atomic mass is 9.87. The van der Waals surface area contributed by atoms with Crippen molar-refractivity contribution in [2.24, 2.45) is 5.73 Å². The molecule has 0 saturated carbocycles. The molecule has 10 heteroatoms. The molecule has 0 aliphatic carbocycles. The van der Waals surface area contributed by atoms with Gasteiger partial charge >= 0.3 is 0 Å². The minimum atomic E-state index is -0.782. The van der Waals surface area contributed by atoms with Gasteiger partial charge in [-0.3, -0.25) is 19.3 Å². The number of rotatable bonds is 7. The summed E-state index contributed by atoms with van der Waals surface area (Å²) in [7, 11) is 0. The Morgan fingerprint density at radius 1 is 1.11 bits per heavy atom. The van der Waals surface area contributed by atoms with Gasteiger partial charge in [0.2, 0.25) is 18.6 Å². The van der Waals surface area contributed by atoms with E-state index in [0.717, 1.165) is 0 Å². The number of ether oxygens (including phenoxy) is 2. The molecule has 188 valence electrons. The molecule has 2 amide bonds. The number of benzene rings is 2. The summed E-state index contributed by atoms with van der Waals surface area (Å²) < 4.78 is 16.5. The van der Waals surface area contributed by atoms with Gasteiger partial charge in [0, 0.05) is 48.7 Å². The van der Waals surface area contributed by atoms with E-state index in [1.165, 1.54) is 12.3 Å². The second-order valence-corrected chi connectivity index (χ2v) is 9.12. The highest BCUT2D eigenvalue weighted by Crippen LogP contribution is 2.42. The first-order chi connectivity index (χ1) is 17.4. The summed E-state index contributed by atoms with van der Waals surface area (Å²) >= 11 is 0. The average molecular weight is 494 g/mol. The third-order valence-electron chi connectivity index (χ3n) is 6.70. The van der Waals surface area contributed by atoms with Crippen LogP contribution in [0.15, 0.2) is 51.9 Å². The maximum atomic E-state index is 13.4. The van der Waals surface area contributed by atoms with Crippen LogP contribution in [-0.2, 0) is 9.59 Å². The number of likely N-dealkylation sites (tertiary alicyclic amines) is 1. The molecule has 4 N–H and O–H groups in total. The molecule has 36 heavy (non-hydrogen) atoms. The van der Waals surface area contributed by atoms with Crippen LogP contribution in [0.25, 0.3) is 11.0 Å². The zero-order valence-corrected chi connectivity index (χ0v) is 19.6. The Hall–Kier alpha value is -4.05. The highest BCUT2D eigenvalue weighted by molar-refractivity contribution is 5.80. The third kappa shape index (κ3) is 4.85. The van der Waals surface area contributed by atoms with Crippen LogP contribution in [-0.4, -0.2) is 54.3 Å². The molecule has 0 radical (unpaired) electrons. The van der Waals surface area contributed by atoms with Gasteiger partial charge in [-0.25, -0.2) is 0 Å². The fraction of sp³-hybridized carbons (Fsp3) is 0.346. The van der Waals surface area contributed by atoms with Gasteiger partial charge < -0.3 is 30.0 Å². The second kappa shape index (κ2) is 9.90. The van der Waals surface area contributed by atoms with E-state index in [9.17, 15) is 19.5 Å². The van der Waals surface area contributed by atoms with Gasteiger partial charge in [-0.2, -0.15) is 0 Å². The summed E-state index contributed by atoms with van der Waals surface area (Å²) in [5.41, 5.74) is 6.07. The summed E-state index contributed by atoms with van der Waals surface area (Å²) in [6.45, 7) is 1.52. The first-order valence-electron chi connectivity index (χ1n) is 11.8. The van der Waals surface area contributed by atoms with Crippen molar-refractivity contribution in [3.8, 4) is 17.2 Å². The first kappa shape index (κ1) is 23.7. The summed E-state index contributed by atoms with van der Waals surface area (Å²) in [6.07, 6.45) is 2.63. The van der Waals surface area contributed by atoms with Crippen molar-refractivity contribution in [1.29, 1.82) is 0 Å². The number of amides is 2. The average Bonchev–Trinajstić information content (AvgIpc) is 3.31. The van der Waals surface area contributed by atoms with Crippen molar-refractivity contribution < 1.29 is 28.6 Å². The number of hydrogen-bond donors (Lipinski definition) is 3. The molecule has 0 unspecified atom stereocenters. The lowest BCUT2D eigenvalue weighted by Crippen LogP contribution is -2.47. The van der Waals surface area contributed by atoms with Gasteiger partial charge in [0.15, 0.2) is 16.9 Å². The van der Waals surface area contributed by atoms with E-state index in [4.69, 9.17) is 19.6 Å². The van der Waals surface area contributed by atoms with Crippen LogP contribution in [0.1, 0.15) is 36.3 Å². The van der Waals surface area contributed by atoms with Gasteiger partial charge in [-0.05, 0) is 31.0 Å². The SMILES string of the molecule is NC(=O)CN1CCC(NC(=O)C[C@@H](c2cc3c(cc2O)OCO3)c2coc3ccccc3c2=O)CC1. The number of fused-ring (bicyclic) bond motifs is 2. The summed E-state index contributed by atoms with van der Waals surface area (Å²) in [6, 6.07) is 9.85. The number of piperidine rings is 1. The zero-order valence-electron chi connectivity index (χ0n) is 19.6. The number of aromatic hydroxyl groups is 1. The van der Waals surface area contributed by atoms with Crippen LogP contribution >= 0.6 is 0 Å². The van der Waals surface area contributed by atoms with Crippen molar-refractivity contribution >= 4 is 22.8 Å². The van der Waals surface area contributed by atoms with E-state index in [2.05, 4.69) is 5.32 Å². The molecule has 1 aromatic heterocycles. The van der Waals surface area contributed by atoms with Crippen molar-refractivity contribution in [1.82, 2.24) is 10.2 Å². The molecule has 5 rings (SSSR count). The summed E-state index contributed by atoms with van der Waals surface area (Å²) in [5, 5.41) is 14.2. The third-order valence-corrected chi connectivity index (χ3v) is 6.70. The lowest BCUT2D eigenvalue weighted by Gasteiger charge is -2.31. The second-order valence-electron chi connectivity index (χ2n) is 9.12. The molecular formula is C26H27N3O7. The Labute approximate surface area is 206 Å². The number of nitrogens with zero attached hydrogens (tertiary/aromatic N) is 1. The van der Waals surface area contributed by atoms with Gasteiger partial charge in [0.05, 0.1) is 18.2 Å². The smallest absolute Gasteiger partial charge is 0.231 e. The quantitative estimate of drug-likeness (QED) is 0.452. The Bertz CT molecular complexity index is 1360. The number of phenols is 1. The number of carbonyl (C=O) groups excluding carboxylic acids is 2. The van der Waals surface area contributed by atoms with Gasteiger partial charge in [-0.15, -0.1) is 0 Å². The molecule has 2 aliphatic heterocycles. The highest BCUT2D eigenvalue weighted by atomic mass is 16.7. The standard InChI is InChI=1S/C26H27N3O7/c27-24(31)12-29-7-5-15(6-8-29)28-25(32)10-17(18-9-22-23(11-20(18)30)36-14-35-22)19-13-34-21-4-2-1-3-16(21)26(19)33/h1-4,9,11,13,15,17,30H,5-8,10,12,14H2,(H2,27,31)(H,28,32)/t17-/m0/s1. The van der Waals surface area contributed by atoms with Crippen molar-refractivity contribution in [3.63, 3.8) is 0 Å². The van der Waals surface area contributed by atoms with Gasteiger partial charge in [0.25, 0.3) is 0 Å². The molecule has 1 saturated heterocycles. The first-order valence-corrected chi connectivity index (χ1v) is 11.8. The van der Waals surface area contributed by atoms with E-state index < -0.39 is 5.92 Å². The van der Waals surface area contributed by atoms with E-state index in [1.54, 1.807) is 30.3 Å². The molecule has 0 spiro atoms. The molecule has 10 nitrogen and oxygen atoms in total. The van der Waals surface area contributed by atoms with Crippen LogP contribution < -0.4 is 26.0 Å². The van der Waals surface area contributed by atoms with Crippen LogP contribution in [0.3, 0.4) is 0 Å². The van der Waals surface area contributed by atoms with Crippen LogP contribution in [0.2, 0.25) is 0 Å². The fourth-order valence-electron chi connectivity index (χ4n) is 4.87. The molecule has 3 heterocycles. The zero-order chi connectivity index (χ0) is 25.2. The van der Waals surface area contributed by atoms with E-state index >= 15 is 0 Å². The van der Waals surface area contributed by atoms with E-state index in [1.807, 2.05) is 4.90 Å². The fourth-order valence-corrected chi connectivity index (χ4v) is 4.87. The van der Waals surface area contributed by atoms with Gasteiger partial charge in [0.1, 0.15) is 11.3 Å². The molecule has 2 aliphatic rings.